The van der Waals surface area contributed by atoms with E-state index in [1.807, 2.05) is 24.3 Å². The van der Waals surface area contributed by atoms with E-state index < -0.39 is 6.10 Å². The van der Waals surface area contributed by atoms with Crippen LogP contribution in [0.25, 0.3) is 0 Å². The van der Waals surface area contributed by atoms with Crippen molar-refractivity contribution in [2.75, 3.05) is 25.6 Å². The van der Waals surface area contributed by atoms with Crippen LogP contribution in [0.2, 0.25) is 0 Å². The summed E-state index contributed by atoms with van der Waals surface area (Å²) < 4.78 is 11.3. The summed E-state index contributed by atoms with van der Waals surface area (Å²) >= 11 is 0. The van der Waals surface area contributed by atoms with Gasteiger partial charge >= 0.3 is 0 Å². The third-order valence-corrected chi connectivity index (χ3v) is 6.34. The molecule has 2 aliphatic heterocycles. The largest absolute Gasteiger partial charge is 0.497 e. The molecule has 5 rings (SSSR count). The summed E-state index contributed by atoms with van der Waals surface area (Å²) in [5.41, 5.74) is 3.28. The molecular formula is C23H26N2O3. The van der Waals surface area contributed by atoms with Gasteiger partial charge in [-0.2, -0.15) is 0 Å². The third-order valence-electron chi connectivity index (χ3n) is 6.34. The van der Waals surface area contributed by atoms with Gasteiger partial charge in [0.05, 0.1) is 19.3 Å². The Bertz CT molecular complexity index is 895. The molecule has 3 aliphatic rings. The minimum atomic E-state index is -0.445. The number of rotatable bonds is 5. The zero-order valence-corrected chi connectivity index (χ0v) is 16.2. The maximum absolute atomic E-state index is 12.9. The molecule has 28 heavy (non-hydrogen) atoms. The Balaban J connectivity index is 1.36. The van der Waals surface area contributed by atoms with E-state index >= 15 is 0 Å². The normalized spacial score (nSPS) is 26.4. The van der Waals surface area contributed by atoms with Crippen molar-refractivity contribution in [3.05, 3.63) is 59.7 Å². The fourth-order valence-electron chi connectivity index (χ4n) is 4.65. The standard InChI is InChI=1S/C23H26N2O3/c1-27-19-7-4-6-18(11-19)24-22(26)21-12-23(15-28-21)20-8-3-2-5-17(20)14-25(23)13-16-9-10-16/h2-8,11,16,21H,9-10,12-15H2,1H3,(H,24,26). The molecule has 0 radical (unpaired) electrons. The first-order chi connectivity index (χ1) is 13.7. The van der Waals surface area contributed by atoms with E-state index in [1.165, 1.54) is 24.0 Å². The van der Waals surface area contributed by atoms with Crippen molar-refractivity contribution in [2.45, 2.75) is 37.5 Å². The minimum absolute atomic E-state index is 0.0825. The van der Waals surface area contributed by atoms with Gasteiger partial charge in [-0.15, -0.1) is 0 Å². The van der Waals surface area contributed by atoms with Crippen molar-refractivity contribution < 1.29 is 14.3 Å². The molecule has 5 heteroatoms. The van der Waals surface area contributed by atoms with E-state index in [4.69, 9.17) is 9.47 Å². The van der Waals surface area contributed by atoms with Gasteiger partial charge in [0, 0.05) is 31.3 Å². The number of carbonyl (C=O) groups is 1. The highest BCUT2D eigenvalue weighted by molar-refractivity contribution is 5.94. The van der Waals surface area contributed by atoms with Crippen LogP contribution in [0, 0.1) is 5.92 Å². The molecule has 2 heterocycles. The van der Waals surface area contributed by atoms with E-state index in [9.17, 15) is 4.79 Å². The van der Waals surface area contributed by atoms with E-state index in [0.29, 0.717) is 13.0 Å². The first kappa shape index (κ1) is 17.7. The third kappa shape index (κ3) is 3.09. The fourth-order valence-corrected chi connectivity index (χ4v) is 4.65. The smallest absolute Gasteiger partial charge is 0.253 e. The van der Waals surface area contributed by atoms with E-state index in [0.717, 1.165) is 30.4 Å². The van der Waals surface area contributed by atoms with E-state index in [1.54, 1.807) is 7.11 Å². The molecule has 146 valence electrons. The van der Waals surface area contributed by atoms with Gasteiger partial charge < -0.3 is 14.8 Å². The second-order valence-corrected chi connectivity index (χ2v) is 8.24. The first-order valence-electron chi connectivity index (χ1n) is 10.1. The lowest BCUT2D eigenvalue weighted by molar-refractivity contribution is -0.124. The second kappa shape index (κ2) is 6.90. The molecule has 1 amide bonds. The minimum Gasteiger partial charge on any atom is -0.497 e. The van der Waals surface area contributed by atoms with Gasteiger partial charge in [0.15, 0.2) is 0 Å². The topological polar surface area (TPSA) is 50.8 Å². The molecule has 2 fully saturated rings. The first-order valence-corrected chi connectivity index (χ1v) is 10.1. The molecule has 2 unspecified atom stereocenters. The van der Waals surface area contributed by atoms with E-state index in [-0.39, 0.29) is 11.4 Å². The quantitative estimate of drug-likeness (QED) is 0.865. The van der Waals surface area contributed by atoms with Crippen LogP contribution in [0.3, 0.4) is 0 Å². The monoisotopic (exact) mass is 378 g/mol. The molecule has 0 aromatic heterocycles. The molecule has 2 atom stereocenters. The molecule has 5 nitrogen and oxygen atoms in total. The number of ether oxygens (including phenoxy) is 2. The summed E-state index contributed by atoms with van der Waals surface area (Å²) in [4.78, 5) is 15.5. The summed E-state index contributed by atoms with van der Waals surface area (Å²) in [6.07, 6.45) is 2.90. The summed E-state index contributed by atoms with van der Waals surface area (Å²) in [6.45, 7) is 2.63. The molecule has 1 spiro atoms. The van der Waals surface area contributed by atoms with Crippen molar-refractivity contribution in [1.82, 2.24) is 4.90 Å². The number of nitrogens with one attached hydrogen (secondary N) is 1. The van der Waals surface area contributed by atoms with Crippen molar-refractivity contribution >= 4 is 11.6 Å². The number of methoxy groups -OCH3 is 1. The lowest BCUT2D eigenvalue weighted by Crippen LogP contribution is -2.43. The summed E-state index contributed by atoms with van der Waals surface area (Å²) in [6, 6.07) is 16.1. The van der Waals surface area contributed by atoms with Crippen LogP contribution in [0.1, 0.15) is 30.4 Å². The van der Waals surface area contributed by atoms with Crippen molar-refractivity contribution in [3.8, 4) is 5.75 Å². The van der Waals surface area contributed by atoms with Crippen LogP contribution >= 0.6 is 0 Å². The maximum atomic E-state index is 12.9. The predicted octanol–water partition coefficient (Wildman–Crippen LogP) is 3.54. The van der Waals surface area contributed by atoms with Gasteiger partial charge in [-0.1, -0.05) is 30.3 Å². The number of benzene rings is 2. The number of hydrogen-bond acceptors (Lipinski definition) is 4. The van der Waals surface area contributed by atoms with Gasteiger partial charge in [0.1, 0.15) is 11.9 Å². The van der Waals surface area contributed by atoms with Crippen molar-refractivity contribution in [1.29, 1.82) is 0 Å². The van der Waals surface area contributed by atoms with Crippen LogP contribution in [0.5, 0.6) is 5.75 Å². The highest BCUT2D eigenvalue weighted by atomic mass is 16.5. The number of carbonyl (C=O) groups excluding carboxylic acids is 1. The van der Waals surface area contributed by atoms with Gasteiger partial charge in [-0.05, 0) is 42.0 Å². The lowest BCUT2D eigenvalue weighted by Gasteiger charge is -2.34. The number of hydrogen-bond donors (Lipinski definition) is 1. The molecule has 1 N–H and O–H groups in total. The van der Waals surface area contributed by atoms with Gasteiger partial charge in [0.2, 0.25) is 0 Å². The summed E-state index contributed by atoms with van der Waals surface area (Å²) in [5, 5.41) is 2.99. The predicted molar refractivity (Wildman–Crippen MR) is 107 cm³/mol. The number of amides is 1. The van der Waals surface area contributed by atoms with Crippen LogP contribution in [-0.4, -0.2) is 37.2 Å². The van der Waals surface area contributed by atoms with Gasteiger partial charge in [-0.3, -0.25) is 9.69 Å². The zero-order valence-electron chi connectivity index (χ0n) is 16.2. The van der Waals surface area contributed by atoms with Gasteiger partial charge in [0.25, 0.3) is 5.91 Å². The molecule has 2 aromatic rings. The Kier molecular flexibility index (Phi) is 4.37. The molecule has 0 bridgehead atoms. The van der Waals surface area contributed by atoms with Crippen LogP contribution in [0.15, 0.2) is 48.5 Å². The highest BCUT2D eigenvalue weighted by Gasteiger charge is 2.53. The molecule has 1 saturated heterocycles. The number of nitrogens with zero attached hydrogens (tertiary/aromatic N) is 1. The fraction of sp³-hybridized carbons (Fsp3) is 0.435. The molecular weight excluding hydrogens is 352 g/mol. The van der Waals surface area contributed by atoms with Crippen LogP contribution in [-0.2, 0) is 21.6 Å². The zero-order chi connectivity index (χ0) is 19.1. The van der Waals surface area contributed by atoms with Crippen LogP contribution < -0.4 is 10.1 Å². The highest BCUT2D eigenvalue weighted by Crippen LogP contribution is 2.48. The van der Waals surface area contributed by atoms with E-state index in [2.05, 4.69) is 34.5 Å². The average molecular weight is 378 g/mol. The average Bonchev–Trinajstić information content (AvgIpc) is 3.34. The second-order valence-electron chi connectivity index (χ2n) is 8.24. The number of anilines is 1. The van der Waals surface area contributed by atoms with Crippen molar-refractivity contribution in [3.63, 3.8) is 0 Å². The van der Waals surface area contributed by atoms with Crippen LogP contribution in [0.4, 0.5) is 5.69 Å². The molecule has 2 aromatic carbocycles. The van der Waals surface area contributed by atoms with Crippen molar-refractivity contribution in [2.24, 2.45) is 5.92 Å². The Morgan fingerprint density at radius 3 is 2.93 bits per heavy atom. The Morgan fingerprint density at radius 1 is 1.25 bits per heavy atom. The molecule has 1 saturated carbocycles. The number of fused-ring (bicyclic) bond motifs is 2. The summed E-state index contributed by atoms with van der Waals surface area (Å²) in [7, 11) is 1.62. The molecule has 1 aliphatic carbocycles. The van der Waals surface area contributed by atoms with Gasteiger partial charge in [-0.25, -0.2) is 0 Å². The lowest BCUT2D eigenvalue weighted by atomic mass is 9.86. The maximum Gasteiger partial charge on any atom is 0.253 e. The Morgan fingerprint density at radius 2 is 2.11 bits per heavy atom. The Labute approximate surface area is 165 Å². The SMILES string of the molecule is COc1cccc(NC(=O)C2CC3(CO2)c2ccccc2CN3CC2CC2)c1. The Hall–Kier alpha value is -2.37. The summed E-state index contributed by atoms with van der Waals surface area (Å²) in [5.74, 6) is 1.44.